The van der Waals surface area contributed by atoms with Gasteiger partial charge in [-0.15, -0.1) is 22.7 Å². The van der Waals surface area contributed by atoms with Gasteiger partial charge >= 0.3 is 0 Å². The highest BCUT2D eigenvalue weighted by atomic mass is 32.1. The van der Waals surface area contributed by atoms with Gasteiger partial charge in [-0.05, 0) is 25.5 Å². The summed E-state index contributed by atoms with van der Waals surface area (Å²) < 4.78 is 2.59. The number of aryl methyl sites for hydroxylation is 2. The van der Waals surface area contributed by atoms with Gasteiger partial charge in [0.05, 0.1) is 30.4 Å². The fourth-order valence-electron chi connectivity index (χ4n) is 1.68. The summed E-state index contributed by atoms with van der Waals surface area (Å²) in [4.78, 5) is 9.08. The third-order valence-electron chi connectivity index (χ3n) is 2.37. The van der Waals surface area contributed by atoms with Crippen LogP contribution in [-0.2, 0) is 6.42 Å². The van der Waals surface area contributed by atoms with E-state index < -0.39 is 0 Å². The van der Waals surface area contributed by atoms with Gasteiger partial charge in [-0.3, -0.25) is 0 Å². The lowest BCUT2D eigenvalue weighted by Crippen LogP contribution is -1.74. The Bertz CT molecular complexity index is 636. The minimum Gasteiger partial charge on any atom is -0.241 e. The topological polar surface area (TPSA) is 25.8 Å². The monoisotopic (exact) mass is 234 g/mol. The average Bonchev–Trinajstić information content (AvgIpc) is 2.78. The zero-order valence-electron chi connectivity index (χ0n) is 8.57. The van der Waals surface area contributed by atoms with Crippen LogP contribution in [0.2, 0.25) is 0 Å². The van der Waals surface area contributed by atoms with E-state index in [-0.39, 0.29) is 0 Å². The van der Waals surface area contributed by atoms with Gasteiger partial charge in [0, 0.05) is 0 Å². The molecule has 0 N–H and O–H groups in total. The molecule has 0 radical (unpaired) electrons. The van der Waals surface area contributed by atoms with Crippen molar-refractivity contribution in [2.24, 2.45) is 0 Å². The summed E-state index contributed by atoms with van der Waals surface area (Å²) in [6.45, 7) is 4.20. The Labute approximate surface area is 95.6 Å². The fraction of sp³-hybridized carbons (Fsp3) is 0.273. The molecule has 0 fully saturated rings. The van der Waals surface area contributed by atoms with Gasteiger partial charge in [0.25, 0.3) is 0 Å². The lowest BCUT2D eigenvalue weighted by Gasteiger charge is -1.87. The molecule has 0 spiro atoms. The Hall–Kier alpha value is -1.00. The molecule has 76 valence electrons. The Morgan fingerprint density at radius 2 is 1.73 bits per heavy atom. The van der Waals surface area contributed by atoms with Crippen LogP contribution in [0.1, 0.15) is 16.9 Å². The molecule has 0 aliphatic carbocycles. The van der Waals surface area contributed by atoms with Crippen molar-refractivity contribution in [3.63, 3.8) is 0 Å². The van der Waals surface area contributed by atoms with E-state index >= 15 is 0 Å². The van der Waals surface area contributed by atoms with Crippen molar-refractivity contribution >= 4 is 43.1 Å². The molecule has 3 aromatic rings. The Morgan fingerprint density at radius 3 is 2.47 bits per heavy atom. The predicted octanol–water partition coefficient (Wildman–Crippen LogP) is 3.78. The first-order valence-corrected chi connectivity index (χ1v) is 6.57. The normalized spacial score (nSPS) is 11.6. The van der Waals surface area contributed by atoms with E-state index in [0.29, 0.717) is 0 Å². The maximum Gasteiger partial charge on any atom is 0.0936 e. The third kappa shape index (κ3) is 1.36. The molecule has 0 aliphatic heterocycles. The molecule has 4 heteroatoms. The van der Waals surface area contributed by atoms with E-state index in [1.807, 2.05) is 0 Å². The van der Waals surface area contributed by atoms with Crippen LogP contribution < -0.4 is 0 Å². The number of aromatic nitrogens is 2. The summed E-state index contributed by atoms with van der Waals surface area (Å²) >= 11 is 3.56. The third-order valence-corrected chi connectivity index (χ3v) is 4.73. The molecular weight excluding hydrogens is 224 g/mol. The van der Waals surface area contributed by atoms with E-state index in [2.05, 4.69) is 35.9 Å². The molecule has 15 heavy (non-hydrogen) atoms. The van der Waals surface area contributed by atoms with Crippen LogP contribution in [0.25, 0.3) is 20.4 Å². The first kappa shape index (κ1) is 9.24. The summed E-state index contributed by atoms with van der Waals surface area (Å²) in [6.07, 6.45) is 1.01. The van der Waals surface area contributed by atoms with Crippen molar-refractivity contribution in [2.45, 2.75) is 20.3 Å². The van der Waals surface area contributed by atoms with Gasteiger partial charge in [0.1, 0.15) is 0 Å². The molecule has 2 heterocycles. The van der Waals surface area contributed by atoms with Gasteiger partial charge < -0.3 is 0 Å². The maximum atomic E-state index is 4.59. The Kier molecular flexibility index (Phi) is 2.00. The molecule has 0 aliphatic rings. The second kappa shape index (κ2) is 3.25. The van der Waals surface area contributed by atoms with E-state index in [4.69, 9.17) is 0 Å². The van der Waals surface area contributed by atoms with E-state index in [0.717, 1.165) is 22.5 Å². The SMILES string of the molecule is CCc1nc2ccc3nc(C)sc3c2s1. The minimum absolute atomic E-state index is 1.01. The number of thiazole rings is 2. The second-order valence-electron chi connectivity index (χ2n) is 3.46. The summed E-state index contributed by atoms with van der Waals surface area (Å²) in [5.41, 5.74) is 2.23. The van der Waals surface area contributed by atoms with Gasteiger partial charge in [0.15, 0.2) is 0 Å². The van der Waals surface area contributed by atoms with Crippen molar-refractivity contribution in [1.82, 2.24) is 9.97 Å². The Morgan fingerprint density at radius 1 is 1.07 bits per heavy atom. The largest absolute Gasteiger partial charge is 0.241 e. The predicted molar refractivity (Wildman–Crippen MR) is 66.9 cm³/mol. The highest BCUT2D eigenvalue weighted by Crippen LogP contribution is 2.33. The Balaban J connectivity index is 2.46. The zero-order valence-corrected chi connectivity index (χ0v) is 10.2. The number of hydrogen-bond acceptors (Lipinski definition) is 4. The van der Waals surface area contributed by atoms with Gasteiger partial charge in [-0.2, -0.15) is 0 Å². The number of rotatable bonds is 1. The molecule has 2 nitrogen and oxygen atoms in total. The quantitative estimate of drug-likeness (QED) is 0.640. The molecule has 3 rings (SSSR count). The van der Waals surface area contributed by atoms with Crippen LogP contribution in [0.15, 0.2) is 12.1 Å². The van der Waals surface area contributed by atoms with E-state index in [1.165, 1.54) is 14.4 Å². The molecular formula is C11H10N2S2. The van der Waals surface area contributed by atoms with Gasteiger partial charge in [-0.1, -0.05) is 6.92 Å². The first-order valence-electron chi connectivity index (χ1n) is 4.93. The van der Waals surface area contributed by atoms with Crippen LogP contribution in [0, 0.1) is 6.92 Å². The second-order valence-corrected chi connectivity index (χ2v) is 5.74. The number of nitrogens with zero attached hydrogens (tertiary/aromatic N) is 2. The van der Waals surface area contributed by atoms with Crippen molar-refractivity contribution in [2.75, 3.05) is 0 Å². The van der Waals surface area contributed by atoms with Crippen LogP contribution in [-0.4, -0.2) is 9.97 Å². The summed E-state index contributed by atoms with van der Waals surface area (Å²) in [5.74, 6) is 0. The molecule has 0 unspecified atom stereocenters. The number of hydrogen-bond donors (Lipinski definition) is 0. The summed E-state index contributed by atoms with van der Waals surface area (Å²) in [5, 5.41) is 2.34. The molecule has 0 saturated carbocycles. The first-order chi connectivity index (χ1) is 7.28. The van der Waals surface area contributed by atoms with Crippen LogP contribution in [0.4, 0.5) is 0 Å². The lowest BCUT2D eigenvalue weighted by atomic mass is 10.3. The zero-order chi connectivity index (χ0) is 10.4. The lowest BCUT2D eigenvalue weighted by molar-refractivity contribution is 1.11. The number of fused-ring (bicyclic) bond motifs is 3. The smallest absolute Gasteiger partial charge is 0.0936 e. The highest BCUT2D eigenvalue weighted by molar-refractivity contribution is 7.26. The van der Waals surface area contributed by atoms with Crippen molar-refractivity contribution in [1.29, 1.82) is 0 Å². The molecule has 0 bridgehead atoms. The van der Waals surface area contributed by atoms with Gasteiger partial charge in [0.2, 0.25) is 0 Å². The van der Waals surface area contributed by atoms with Gasteiger partial charge in [-0.25, -0.2) is 9.97 Å². The molecule has 0 amide bonds. The summed E-state index contributed by atoms with van der Waals surface area (Å²) in [7, 11) is 0. The van der Waals surface area contributed by atoms with Crippen LogP contribution in [0.3, 0.4) is 0 Å². The standard InChI is InChI=1S/C11H10N2S2/c1-3-9-13-8-5-4-7-10(11(8)15-9)14-6(2)12-7/h4-5H,3H2,1-2H3. The van der Waals surface area contributed by atoms with Crippen molar-refractivity contribution in [3.8, 4) is 0 Å². The average molecular weight is 234 g/mol. The molecule has 1 aromatic carbocycles. The molecule has 0 saturated heterocycles. The van der Waals surface area contributed by atoms with E-state index in [9.17, 15) is 0 Å². The molecule has 2 aromatic heterocycles. The van der Waals surface area contributed by atoms with Crippen molar-refractivity contribution < 1.29 is 0 Å². The van der Waals surface area contributed by atoms with Crippen molar-refractivity contribution in [3.05, 3.63) is 22.1 Å². The summed E-state index contributed by atoms with van der Waals surface area (Å²) in [6, 6.07) is 4.15. The van der Waals surface area contributed by atoms with Crippen LogP contribution in [0.5, 0.6) is 0 Å². The minimum atomic E-state index is 1.01. The highest BCUT2D eigenvalue weighted by Gasteiger charge is 2.09. The van der Waals surface area contributed by atoms with E-state index in [1.54, 1.807) is 22.7 Å². The van der Waals surface area contributed by atoms with Crippen LogP contribution >= 0.6 is 22.7 Å². The maximum absolute atomic E-state index is 4.59. The molecule has 0 atom stereocenters. The number of benzene rings is 1. The fourth-order valence-corrected chi connectivity index (χ4v) is 3.73.